The first kappa shape index (κ1) is 25.6. The third-order valence-corrected chi connectivity index (χ3v) is 7.79. The molecule has 3 aliphatic heterocycles. The maximum Gasteiger partial charge on any atom is 0.269 e. The number of rotatable bonds is 7. The van der Waals surface area contributed by atoms with Gasteiger partial charge in [0.25, 0.3) is 5.69 Å². The second-order valence-electron chi connectivity index (χ2n) is 9.65. The van der Waals surface area contributed by atoms with E-state index in [-0.39, 0.29) is 28.5 Å². The molecule has 1 N–H and O–H groups in total. The molecule has 11 heteroatoms. The number of carbonyl (C=O) groups excluding carboxylic acids is 1. The number of benzene rings is 2. The summed E-state index contributed by atoms with van der Waals surface area (Å²) in [4.78, 5) is 31.4. The number of nitro benzene ring substituents is 1. The maximum absolute atomic E-state index is 13.6. The van der Waals surface area contributed by atoms with Gasteiger partial charge in [0.1, 0.15) is 5.75 Å². The van der Waals surface area contributed by atoms with Crippen molar-refractivity contribution in [2.75, 3.05) is 75.9 Å². The summed E-state index contributed by atoms with van der Waals surface area (Å²) in [6, 6.07) is 10.4. The van der Waals surface area contributed by atoms with Crippen LogP contribution in [0.3, 0.4) is 0 Å². The molecule has 0 radical (unpaired) electrons. The SMILES string of the molecule is COc1ccc(Cl)cc1N1CCN2c3ccc([N+](=O)[O-])cc3CC(C(=O)NCCN3CCOCC3)C2C1. The quantitative estimate of drug-likeness (QED) is 0.431. The summed E-state index contributed by atoms with van der Waals surface area (Å²) < 4.78 is 11.0. The van der Waals surface area contributed by atoms with Gasteiger partial charge in [0.2, 0.25) is 5.91 Å². The molecule has 0 saturated carbocycles. The largest absolute Gasteiger partial charge is 0.495 e. The minimum atomic E-state index is -0.382. The Labute approximate surface area is 221 Å². The lowest BCUT2D eigenvalue weighted by atomic mass is 9.83. The van der Waals surface area contributed by atoms with Crippen molar-refractivity contribution in [2.45, 2.75) is 12.5 Å². The smallest absolute Gasteiger partial charge is 0.269 e. The lowest BCUT2D eigenvalue weighted by molar-refractivity contribution is -0.384. The summed E-state index contributed by atoms with van der Waals surface area (Å²) in [5.74, 6) is 0.351. The molecule has 2 aromatic rings. The molecule has 10 nitrogen and oxygen atoms in total. The molecule has 5 rings (SSSR count). The third-order valence-electron chi connectivity index (χ3n) is 7.56. The van der Waals surface area contributed by atoms with Gasteiger partial charge in [-0.25, -0.2) is 0 Å². The number of nitrogens with one attached hydrogen (secondary N) is 1. The predicted octanol–water partition coefficient (Wildman–Crippen LogP) is 2.57. The zero-order chi connectivity index (χ0) is 25.9. The fourth-order valence-electron chi connectivity index (χ4n) is 5.65. The highest BCUT2D eigenvalue weighted by atomic mass is 35.5. The fraction of sp³-hybridized carbons (Fsp3) is 0.500. The van der Waals surface area contributed by atoms with Crippen molar-refractivity contribution < 1.29 is 19.2 Å². The molecular formula is C26H32ClN5O5. The average molecular weight is 530 g/mol. The predicted molar refractivity (Wildman–Crippen MR) is 142 cm³/mol. The van der Waals surface area contributed by atoms with Crippen LogP contribution in [0.1, 0.15) is 5.56 Å². The lowest BCUT2D eigenvalue weighted by Crippen LogP contribution is -2.61. The molecule has 0 spiro atoms. The van der Waals surface area contributed by atoms with Gasteiger partial charge in [-0.1, -0.05) is 11.6 Å². The molecule has 1 amide bonds. The summed E-state index contributed by atoms with van der Waals surface area (Å²) >= 11 is 6.31. The summed E-state index contributed by atoms with van der Waals surface area (Å²) in [5.41, 5.74) is 2.75. The van der Waals surface area contributed by atoms with Crippen LogP contribution < -0.4 is 19.9 Å². The van der Waals surface area contributed by atoms with E-state index in [0.29, 0.717) is 50.8 Å². The molecule has 3 heterocycles. The van der Waals surface area contributed by atoms with Gasteiger partial charge in [-0.2, -0.15) is 0 Å². The minimum Gasteiger partial charge on any atom is -0.495 e. The zero-order valence-electron chi connectivity index (χ0n) is 20.9. The number of nitrogens with zero attached hydrogens (tertiary/aromatic N) is 4. The number of morpholine rings is 1. The zero-order valence-corrected chi connectivity index (χ0v) is 21.7. The molecule has 37 heavy (non-hydrogen) atoms. The van der Waals surface area contributed by atoms with Gasteiger partial charge in [-0.15, -0.1) is 0 Å². The van der Waals surface area contributed by atoms with Crippen LogP contribution in [0, 0.1) is 16.0 Å². The van der Waals surface area contributed by atoms with E-state index >= 15 is 0 Å². The number of anilines is 2. The summed E-state index contributed by atoms with van der Waals surface area (Å²) in [7, 11) is 1.64. The number of hydrogen-bond acceptors (Lipinski definition) is 8. The van der Waals surface area contributed by atoms with Crippen molar-refractivity contribution in [1.29, 1.82) is 0 Å². The Morgan fingerprint density at radius 1 is 1.16 bits per heavy atom. The van der Waals surface area contributed by atoms with Crippen molar-refractivity contribution in [3.63, 3.8) is 0 Å². The first-order valence-electron chi connectivity index (χ1n) is 12.6. The van der Waals surface area contributed by atoms with E-state index in [1.54, 1.807) is 25.3 Å². The van der Waals surface area contributed by atoms with Gasteiger partial charge in [-0.05, 0) is 36.2 Å². The van der Waals surface area contributed by atoms with Crippen molar-refractivity contribution >= 4 is 34.6 Å². The molecule has 2 unspecified atom stereocenters. The van der Waals surface area contributed by atoms with Gasteiger partial charge < -0.3 is 24.6 Å². The number of ether oxygens (including phenoxy) is 2. The average Bonchev–Trinajstić information content (AvgIpc) is 2.92. The molecule has 198 valence electrons. The van der Waals surface area contributed by atoms with E-state index < -0.39 is 0 Å². The van der Waals surface area contributed by atoms with E-state index in [1.165, 1.54) is 0 Å². The number of methoxy groups -OCH3 is 1. The van der Waals surface area contributed by atoms with Crippen molar-refractivity contribution in [2.24, 2.45) is 5.92 Å². The Bertz CT molecular complexity index is 1160. The number of amides is 1. The number of non-ortho nitro benzene ring substituents is 1. The minimum absolute atomic E-state index is 0.0275. The number of hydrogen-bond donors (Lipinski definition) is 1. The summed E-state index contributed by atoms with van der Waals surface area (Å²) in [6.07, 6.45) is 0.447. The van der Waals surface area contributed by atoms with Gasteiger partial charge >= 0.3 is 0 Å². The van der Waals surface area contributed by atoms with Gasteiger partial charge in [0, 0.05) is 68.7 Å². The number of fused-ring (bicyclic) bond motifs is 3. The topological polar surface area (TPSA) is 100 Å². The standard InChI is InChI=1S/C26H32ClN5O5/c1-36-25-5-2-19(27)16-23(25)30-8-9-31-22-4-3-20(32(34)35)14-18(22)15-21(24(31)17-30)26(33)28-6-7-29-10-12-37-13-11-29/h2-5,14,16,21,24H,6-13,15,17H2,1H3,(H,28,33). The molecule has 0 bridgehead atoms. The van der Waals surface area contributed by atoms with Crippen LogP contribution >= 0.6 is 11.6 Å². The molecule has 2 aromatic carbocycles. The van der Waals surface area contributed by atoms with Crippen LogP contribution in [0.5, 0.6) is 5.75 Å². The lowest BCUT2D eigenvalue weighted by Gasteiger charge is -2.49. The normalized spacial score (nSPS) is 21.7. The van der Waals surface area contributed by atoms with Crippen LogP contribution in [0.4, 0.5) is 17.1 Å². The highest BCUT2D eigenvalue weighted by Crippen LogP contribution is 2.40. The van der Waals surface area contributed by atoms with Gasteiger partial charge in [0.05, 0.1) is 42.9 Å². The fourth-order valence-corrected chi connectivity index (χ4v) is 5.81. The highest BCUT2D eigenvalue weighted by molar-refractivity contribution is 6.31. The van der Waals surface area contributed by atoms with Crippen LogP contribution in [0.25, 0.3) is 0 Å². The van der Waals surface area contributed by atoms with Crippen molar-refractivity contribution in [3.05, 3.63) is 57.1 Å². The molecular weight excluding hydrogens is 498 g/mol. The number of carbonyl (C=O) groups is 1. The van der Waals surface area contributed by atoms with Crippen LogP contribution in [-0.2, 0) is 16.0 Å². The molecule has 0 aliphatic carbocycles. The Kier molecular flexibility index (Phi) is 7.68. The second-order valence-corrected chi connectivity index (χ2v) is 10.1. The van der Waals surface area contributed by atoms with E-state index in [1.807, 2.05) is 18.2 Å². The second kappa shape index (κ2) is 11.1. The number of piperazine rings is 1. The van der Waals surface area contributed by atoms with Crippen LogP contribution in [-0.4, -0.2) is 87.9 Å². The number of nitro groups is 1. The van der Waals surface area contributed by atoms with Gasteiger partial charge in [-0.3, -0.25) is 19.8 Å². The molecule has 0 aromatic heterocycles. The Balaban J connectivity index is 1.39. The molecule has 2 saturated heterocycles. The van der Waals surface area contributed by atoms with Gasteiger partial charge in [0.15, 0.2) is 0 Å². The van der Waals surface area contributed by atoms with Crippen LogP contribution in [0.2, 0.25) is 5.02 Å². The first-order valence-corrected chi connectivity index (χ1v) is 13.0. The van der Waals surface area contributed by atoms with Crippen molar-refractivity contribution in [1.82, 2.24) is 10.2 Å². The van der Waals surface area contributed by atoms with E-state index in [9.17, 15) is 14.9 Å². The maximum atomic E-state index is 13.6. The Hall–Kier alpha value is -3.08. The molecule has 3 aliphatic rings. The van der Waals surface area contributed by atoms with E-state index in [0.717, 1.165) is 42.3 Å². The monoisotopic (exact) mass is 529 g/mol. The Morgan fingerprint density at radius 2 is 1.97 bits per heavy atom. The summed E-state index contributed by atoms with van der Waals surface area (Å²) in [6.45, 7) is 6.45. The van der Waals surface area contributed by atoms with E-state index in [2.05, 4.69) is 20.0 Å². The third kappa shape index (κ3) is 5.46. The highest BCUT2D eigenvalue weighted by Gasteiger charge is 2.42. The number of halogens is 1. The molecule has 2 fully saturated rings. The van der Waals surface area contributed by atoms with Crippen LogP contribution in [0.15, 0.2) is 36.4 Å². The first-order chi connectivity index (χ1) is 17.9. The van der Waals surface area contributed by atoms with Crippen molar-refractivity contribution in [3.8, 4) is 5.75 Å². The van der Waals surface area contributed by atoms with E-state index in [4.69, 9.17) is 21.1 Å². The molecule has 2 atom stereocenters. The summed E-state index contributed by atoms with van der Waals surface area (Å²) in [5, 5.41) is 15.2. The Morgan fingerprint density at radius 3 is 2.73 bits per heavy atom.